The second kappa shape index (κ2) is 7.21. The first kappa shape index (κ1) is 16.9. The maximum Gasteiger partial charge on any atom is 0.126 e. The zero-order chi connectivity index (χ0) is 15.5. The van der Waals surface area contributed by atoms with Crippen LogP contribution in [0.2, 0.25) is 0 Å². The molecule has 0 saturated carbocycles. The van der Waals surface area contributed by atoms with Gasteiger partial charge in [0.15, 0.2) is 0 Å². The Balaban J connectivity index is 2.16. The van der Waals surface area contributed by atoms with Crippen LogP contribution in [0, 0.1) is 5.82 Å². The molecule has 0 radical (unpaired) electrons. The number of likely N-dealkylation sites (tertiary alicyclic amines) is 1. The van der Waals surface area contributed by atoms with Crippen LogP contribution < -0.4 is 5.32 Å². The zero-order valence-corrected chi connectivity index (χ0v) is 14.8. The smallest absolute Gasteiger partial charge is 0.126 e. The van der Waals surface area contributed by atoms with Crippen LogP contribution in [0.4, 0.5) is 4.39 Å². The van der Waals surface area contributed by atoms with Crippen molar-refractivity contribution < 1.29 is 4.39 Å². The lowest BCUT2D eigenvalue weighted by atomic mass is 9.86. The van der Waals surface area contributed by atoms with Crippen molar-refractivity contribution >= 4 is 15.9 Å². The molecule has 1 aromatic rings. The first-order chi connectivity index (χ1) is 9.95. The highest BCUT2D eigenvalue weighted by molar-refractivity contribution is 9.10. The van der Waals surface area contributed by atoms with Crippen LogP contribution in [0.25, 0.3) is 0 Å². The van der Waals surface area contributed by atoms with Gasteiger partial charge in [-0.1, -0.05) is 22.4 Å². The largest absolute Gasteiger partial charge is 0.315 e. The van der Waals surface area contributed by atoms with Gasteiger partial charge in [0.2, 0.25) is 0 Å². The van der Waals surface area contributed by atoms with Crippen LogP contribution >= 0.6 is 15.9 Å². The zero-order valence-electron chi connectivity index (χ0n) is 13.3. The van der Waals surface area contributed by atoms with Crippen LogP contribution in [-0.2, 0) is 6.42 Å². The predicted molar refractivity (Wildman–Crippen MR) is 90.2 cm³/mol. The number of halogens is 2. The molecule has 1 unspecified atom stereocenters. The Kier molecular flexibility index (Phi) is 5.81. The van der Waals surface area contributed by atoms with Gasteiger partial charge in [0.1, 0.15) is 5.82 Å². The molecule has 1 aromatic carbocycles. The van der Waals surface area contributed by atoms with E-state index in [9.17, 15) is 4.39 Å². The first-order valence-corrected chi connectivity index (χ1v) is 8.60. The van der Waals surface area contributed by atoms with Crippen molar-refractivity contribution in [1.82, 2.24) is 10.2 Å². The Morgan fingerprint density at radius 1 is 1.29 bits per heavy atom. The van der Waals surface area contributed by atoms with Crippen molar-refractivity contribution in [1.29, 1.82) is 0 Å². The number of piperidine rings is 1. The molecule has 118 valence electrons. The minimum Gasteiger partial charge on any atom is -0.315 e. The fourth-order valence-corrected chi connectivity index (χ4v) is 3.72. The Hall–Kier alpha value is -0.450. The van der Waals surface area contributed by atoms with Gasteiger partial charge >= 0.3 is 0 Å². The van der Waals surface area contributed by atoms with Crippen molar-refractivity contribution in [2.24, 2.45) is 0 Å². The van der Waals surface area contributed by atoms with Crippen molar-refractivity contribution in [2.75, 3.05) is 20.1 Å². The molecule has 1 heterocycles. The van der Waals surface area contributed by atoms with Gasteiger partial charge < -0.3 is 5.32 Å². The topological polar surface area (TPSA) is 15.3 Å². The lowest BCUT2D eigenvalue weighted by Crippen LogP contribution is -2.59. The van der Waals surface area contributed by atoms with E-state index >= 15 is 0 Å². The number of hydrogen-bond acceptors (Lipinski definition) is 2. The molecule has 4 heteroatoms. The van der Waals surface area contributed by atoms with Crippen LogP contribution in [0.5, 0.6) is 0 Å². The van der Waals surface area contributed by atoms with E-state index < -0.39 is 0 Å². The van der Waals surface area contributed by atoms with Gasteiger partial charge in [0.25, 0.3) is 0 Å². The Morgan fingerprint density at radius 2 is 1.95 bits per heavy atom. The lowest BCUT2D eigenvalue weighted by Gasteiger charge is -2.46. The number of hydrogen-bond donors (Lipinski definition) is 1. The number of likely N-dealkylation sites (N-methyl/N-ethyl adjacent to an activating group) is 1. The second-order valence-corrected chi connectivity index (χ2v) is 7.40. The lowest BCUT2D eigenvalue weighted by molar-refractivity contribution is 0.0633. The molecule has 2 nitrogen and oxygen atoms in total. The molecule has 1 saturated heterocycles. The molecule has 1 atom stereocenters. The Labute approximate surface area is 136 Å². The number of nitrogens with one attached hydrogen (secondary N) is 1. The summed E-state index contributed by atoms with van der Waals surface area (Å²) in [6, 6.07) is 5.41. The van der Waals surface area contributed by atoms with Crippen molar-refractivity contribution in [3.05, 3.63) is 34.1 Å². The maximum atomic E-state index is 14.0. The summed E-state index contributed by atoms with van der Waals surface area (Å²) in [4.78, 5) is 2.55. The van der Waals surface area contributed by atoms with Crippen molar-refractivity contribution in [3.8, 4) is 0 Å². The highest BCUT2D eigenvalue weighted by Crippen LogP contribution is 2.27. The second-order valence-electron chi connectivity index (χ2n) is 6.48. The van der Waals surface area contributed by atoms with Gasteiger partial charge in [-0.05, 0) is 77.0 Å². The molecule has 0 aromatic heterocycles. The molecule has 21 heavy (non-hydrogen) atoms. The average molecular weight is 357 g/mol. The average Bonchev–Trinajstić information content (AvgIpc) is 2.48. The number of nitrogens with zero attached hydrogens (tertiary/aromatic N) is 1. The van der Waals surface area contributed by atoms with Crippen molar-refractivity contribution in [2.45, 2.75) is 51.1 Å². The molecular formula is C17H26BrFN2. The van der Waals surface area contributed by atoms with E-state index in [0.717, 1.165) is 23.1 Å². The highest BCUT2D eigenvalue weighted by Gasteiger charge is 2.35. The van der Waals surface area contributed by atoms with Crippen LogP contribution in [-0.4, -0.2) is 36.6 Å². The molecule has 1 fully saturated rings. The normalized spacial score (nSPS) is 18.7. The van der Waals surface area contributed by atoms with E-state index in [1.54, 1.807) is 12.1 Å². The summed E-state index contributed by atoms with van der Waals surface area (Å²) in [5.74, 6) is -0.118. The van der Waals surface area contributed by atoms with E-state index in [1.165, 1.54) is 19.3 Å². The van der Waals surface area contributed by atoms with E-state index in [-0.39, 0.29) is 17.4 Å². The fourth-order valence-electron chi connectivity index (χ4n) is 3.32. The minimum absolute atomic E-state index is 0.0178. The molecule has 0 bridgehead atoms. The Morgan fingerprint density at radius 3 is 2.57 bits per heavy atom. The summed E-state index contributed by atoms with van der Waals surface area (Å²) in [5, 5.41) is 3.41. The molecule has 0 aliphatic carbocycles. The van der Waals surface area contributed by atoms with E-state index in [1.807, 2.05) is 13.1 Å². The first-order valence-electron chi connectivity index (χ1n) is 7.81. The van der Waals surface area contributed by atoms with Crippen LogP contribution in [0.1, 0.15) is 38.7 Å². The van der Waals surface area contributed by atoms with Gasteiger partial charge in [0.05, 0.1) is 0 Å². The molecule has 2 rings (SSSR count). The van der Waals surface area contributed by atoms with Gasteiger partial charge in [-0.2, -0.15) is 0 Å². The molecule has 1 aliphatic heterocycles. The third kappa shape index (κ3) is 4.05. The van der Waals surface area contributed by atoms with Gasteiger partial charge in [-0.15, -0.1) is 0 Å². The molecule has 1 N–H and O–H groups in total. The fraction of sp³-hybridized carbons (Fsp3) is 0.647. The molecule has 1 aliphatic rings. The highest BCUT2D eigenvalue weighted by atomic mass is 79.9. The quantitative estimate of drug-likeness (QED) is 0.858. The summed E-state index contributed by atoms with van der Waals surface area (Å²) < 4.78 is 15.0. The predicted octanol–water partition coefficient (Wildman–Crippen LogP) is 3.98. The summed E-state index contributed by atoms with van der Waals surface area (Å²) in [7, 11) is 1.98. The summed E-state index contributed by atoms with van der Waals surface area (Å²) in [6.07, 6.45) is 4.57. The third-order valence-electron chi connectivity index (χ3n) is 4.80. The van der Waals surface area contributed by atoms with E-state index in [2.05, 4.69) is 40.0 Å². The van der Waals surface area contributed by atoms with E-state index in [4.69, 9.17) is 0 Å². The molecule has 0 spiro atoms. The number of benzene rings is 1. The van der Waals surface area contributed by atoms with Gasteiger partial charge in [-0.3, -0.25) is 4.90 Å². The molecule has 0 amide bonds. The number of rotatable bonds is 5. The monoisotopic (exact) mass is 356 g/mol. The molecular weight excluding hydrogens is 331 g/mol. The summed E-state index contributed by atoms with van der Waals surface area (Å²) >= 11 is 3.44. The van der Waals surface area contributed by atoms with Gasteiger partial charge in [-0.25, -0.2) is 4.39 Å². The van der Waals surface area contributed by atoms with Crippen molar-refractivity contribution in [3.63, 3.8) is 0 Å². The SMILES string of the molecule is CNC(Cc1cc(Br)ccc1F)C(C)(C)N1CCCCC1. The minimum atomic E-state index is -0.118. The Bertz CT molecular complexity index is 470. The maximum absolute atomic E-state index is 14.0. The summed E-state index contributed by atoms with van der Waals surface area (Å²) in [6.45, 7) is 6.84. The summed E-state index contributed by atoms with van der Waals surface area (Å²) in [5.41, 5.74) is 0.790. The van der Waals surface area contributed by atoms with Crippen LogP contribution in [0.15, 0.2) is 22.7 Å². The third-order valence-corrected chi connectivity index (χ3v) is 5.30. The standard InChI is InChI=1S/C17H26BrFN2/c1-17(2,21-9-5-4-6-10-21)16(20-3)12-13-11-14(18)7-8-15(13)19/h7-8,11,16,20H,4-6,9-10,12H2,1-3H3. The van der Waals surface area contributed by atoms with Gasteiger partial charge in [0, 0.05) is 16.1 Å². The van der Waals surface area contributed by atoms with Crippen LogP contribution in [0.3, 0.4) is 0 Å². The van der Waals surface area contributed by atoms with E-state index in [0.29, 0.717) is 6.42 Å².